The minimum atomic E-state index is -0.151. The van der Waals surface area contributed by atoms with Crippen molar-refractivity contribution in [3.05, 3.63) is 64.0 Å². The molecule has 0 aliphatic rings. The second kappa shape index (κ2) is 5.75. The summed E-state index contributed by atoms with van der Waals surface area (Å²) in [6.45, 7) is 6.08. The maximum absolute atomic E-state index is 13.6. The number of anilines is 1. The van der Waals surface area contributed by atoms with Gasteiger partial charge in [0.2, 0.25) is 0 Å². The molecule has 0 aromatic heterocycles. The minimum absolute atomic E-state index is 0.151. The van der Waals surface area contributed by atoms with E-state index in [0.29, 0.717) is 23.2 Å². The quantitative estimate of drug-likeness (QED) is 0.904. The summed E-state index contributed by atoms with van der Waals surface area (Å²) in [5.41, 5.74) is 4.82. The van der Waals surface area contributed by atoms with Crippen LogP contribution in [0.3, 0.4) is 0 Å². The van der Waals surface area contributed by atoms with Crippen LogP contribution < -0.4 is 5.32 Å². The van der Waals surface area contributed by atoms with Crippen LogP contribution in [0.25, 0.3) is 0 Å². The molecule has 0 heterocycles. The first kappa shape index (κ1) is 14.1. The lowest BCUT2D eigenvalue weighted by molar-refractivity contribution is 0.608. The highest BCUT2D eigenvalue weighted by Crippen LogP contribution is 2.19. The molecule has 2 rings (SSSR count). The van der Waals surface area contributed by atoms with Gasteiger partial charge in [-0.05, 0) is 55.2 Å². The third-order valence-corrected chi connectivity index (χ3v) is 3.27. The summed E-state index contributed by atoms with van der Waals surface area (Å²) in [5, 5.41) is 12.3. The lowest BCUT2D eigenvalue weighted by atomic mass is 10.1. The van der Waals surface area contributed by atoms with Gasteiger partial charge in [0.25, 0.3) is 0 Å². The molecular weight excluding hydrogens is 251 g/mol. The van der Waals surface area contributed by atoms with Crippen LogP contribution in [0.4, 0.5) is 10.1 Å². The van der Waals surface area contributed by atoms with Crippen LogP contribution in [0.5, 0.6) is 0 Å². The van der Waals surface area contributed by atoms with Crippen molar-refractivity contribution in [3.8, 4) is 6.07 Å². The number of halogens is 1. The lowest BCUT2D eigenvalue weighted by Crippen LogP contribution is -2.03. The van der Waals surface area contributed by atoms with Gasteiger partial charge in [0.05, 0.1) is 11.3 Å². The third-order valence-electron chi connectivity index (χ3n) is 3.27. The monoisotopic (exact) mass is 268 g/mol. The van der Waals surface area contributed by atoms with E-state index in [2.05, 4.69) is 11.4 Å². The summed E-state index contributed by atoms with van der Waals surface area (Å²) >= 11 is 0. The number of nitriles is 1. The summed E-state index contributed by atoms with van der Waals surface area (Å²) in [7, 11) is 0. The first-order valence-corrected chi connectivity index (χ1v) is 6.51. The molecule has 0 bridgehead atoms. The van der Waals surface area contributed by atoms with Gasteiger partial charge < -0.3 is 5.32 Å². The van der Waals surface area contributed by atoms with Crippen molar-refractivity contribution < 1.29 is 4.39 Å². The predicted octanol–water partition coefficient (Wildman–Crippen LogP) is 4.23. The van der Waals surface area contributed by atoms with E-state index >= 15 is 0 Å². The Bertz CT molecular complexity index is 661. The van der Waals surface area contributed by atoms with Crippen molar-refractivity contribution in [3.63, 3.8) is 0 Å². The molecule has 2 aromatic rings. The molecule has 3 heteroatoms. The molecule has 102 valence electrons. The third kappa shape index (κ3) is 2.97. The van der Waals surface area contributed by atoms with E-state index in [4.69, 9.17) is 5.26 Å². The molecule has 0 saturated carbocycles. The van der Waals surface area contributed by atoms with E-state index in [0.717, 1.165) is 16.8 Å². The summed E-state index contributed by atoms with van der Waals surface area (Å²) in [5.74, 6) is -0.151. The van der Waals surface area contributed by atoms with Gasteiger partial charge in [-0.1, -0.05) is 18.2 Å². The van der Waals surface area contributed by atoms with Crippen molar-refractivity contribution in [2.45, 2.75) is 27.3 Å². The fraction of sp³-hybridized carbons (Fsp3) is 0.235. The number of nitrogens with one attached hydrogen (secondary N) is 1. The molecule has 0 amide bonds. The Morgan fingerprint density at radius 2 is 1.75 bits per heavy atom. The Labute approximate surface area is 118 Å². The molecule has 2 aromatic carbocycles. The van der Waals surface area contributed by atoms with Crippen LogP contribution in [0, 0.1) is 37.9 Å². The first-order chi connectivity index (χ1) is 9.51. The number of hydrogen-bond donors (Lipinski definition) is 1. The molecule has 0 unspecified atom stereocenters. The topological polar surface area (TPSA) is 35.8 Å². The molecule has 0 atom stereocenters. The zero-order valence-corrected chi connectivity index (χ0v) is 11.9. The van der Waals surface area contributed by atoms with E-state index in [1.54, 1.807) is 19.9 Å². The van der Waals surface area contributed by atoms with Gasteiger partial charge in [-0.2, -0.15) is 5.26 Å². The predicted molar refractivity (Wildman–Crippen MR) is 79.1 cm³/mol. The molecule has 2 nitrogen and oxygen atoms in total. The van der Waals surface area contributed by atoms with Gasteiger partial charge in [-0.25, -0.2) is 4.39 Å². The fourth-order valence-corrected chi connectivity index (χ4v) is 2.24. The second-order valence-electron chi connectivity index (χ2n) is 5.06. The number of nitrogens with zero attached hydrogens (tertiary/aromatic N) is 1. The van der Waals surface area contributed by atoms with E-state index in [1.165, 1.54) is 0 Å². The van der Waals surface area contributed by atoms with E-state index in [-0.39, 0.29) is 5.82 Å². The van der Waals surface area contributed by atoms with Crippen molar-refractivity contribution in [2.75, 3.05) is 5.32 Å². The number of rotatable bonds is 3. The lowest BCUT2D eigenvalue weighted by Gasteiger charge is -2.11. The molecule has 0 aliphatic heterocycles. The molecule has 0 spiro atoms. The molecule has 0 fully saturated rings. The van der Waals surface area contributed by atoms with Crippen LogP contribution in [-0.2, 0) is 6.54 Å². The van der Waals surface area contributed by atoms with Crippen molar-refractivity contribution >= 4 is 5.69 Å². The molecular formula is C17H17FN2. The maximum Gasteiger partial charge on any atom is 0.129 e. The number of aryl methyl sites for hydroxylation is 3. The van der Waals surface area contributed by atoms with Gasteiger partial charge in [0, 0.05) is 6.54 Å². The first-order valence-electron chi connectivity index (χ1n) is 6.51. The molecule has 0 saturated heterocycles. The standard InChI is InChI=1S/C17H17FN2/c1-11-4-5-15(9-19)16(6-11)20-10-14-7-12(2)17(18)13(3)8-14/h4-8,20H,10H2,1-3H3. The van der Waals surface area contributed by atoms with Gasteiger partial charge in [0.1, 0.15) is 11.9 Å². The number of benzene rings is 2. The van der Waals surface area contributed by atoms with Crippen LogP contribution in [0.2, 0.25) is 0 Å². The second-order valence-corrected chi connectivity index (χ2v) is 5.06. The summed E-state index contributed by atoms with van der Waals surface area (Å²) in [4.78, 5) is 0. The molecule has 20 heavy (non-hydrogen) atoms. The van der Waals surface area contributed by atoms with Crippen LogP contribution in [0.1, 0.15) is 27.8 Å². The molecule has 0 aliphatic carbocycles. The van der Waals surface area contributed by atoms with E-state index in [9.17, 15) is 4.39 Å². The number of hydrogen-bond acceptors (Lipinski definition) is 2. The fourth-order valence-electron chi connectivity index (χ4n) is 2.24. The van der Waals surface area contributed by atoms with Crippen molar-refractivity contribution in [2.24, 2.45) is 0 Å². The average Bonchev–Trinajstić information content (AvgIpc) is 2.42. The van der Waals surface area contributed by atoms with Crippen LogP contribution in [0.15, 0.2) is 30.3 Å². The van der Waals surface area contributed by atoms with Gasteiger partial charge in [-0.3, -0.25) is 0 Å². The van der Waals surface area contributed by atoms with Crippen LogP contribution >= 0.6 is 0 Å². The maximum atomic E-state index is 13.6. The molecule has 1 N–H and O–H groups in total. The Hall–Kier alpha value is -2.34. The Morgan fingerprint density at radius 1 is 1.10 bits per heavy atom. The average molecular weight is 268 g/mol. The highest BCUT2D eigenvalue weighted by atomic mass is 19.1. The summed E-state index contributed by atoms with van der Waals surface area (Å²) in [6.07, 6.45) is 0. The molecule has 0 radical (unpaired) electrons. The van der Waals surface area contributed by atoms with E-state index < -0.39 is 0 Å². The minimum Gasteiger partial charge on any atom is -0.380 e. The Balaban J connectivity index is 2.21. The smallest absolute Gasteiger partial charge is 0.129 e. The van der Waals surface area contributed by atoms with Gasteiger partial charge >= 0.3 is 0 Å². The highest BCUT2D eigenvalue weighted by molar-refractivity contribution is 5.59. The summed E-state index contributed by atoms with van der Waals surface area (Å²) < 4.78 is 13.6. The highest BCUT2D eigenvalue weighted by Gasteiger charge is 2.06. The van der Waals surface area contributed by atoms with Crippen molar-refractivity contribution in [1.29, 1.82) is 5.26 Å². The summed E-state index contributed by atoms with van der Waals surface area (Å²) in [6, 6.07) is 11.5. The van der Waals surface area contributed by atoms with Gasteiger partial charge in [0.15, 0.2) is 0 Å². The van der Waals surface area contributed by atoms with Gasteiger partial charge in [-0.15, -0.1) is 0 Å². The van der Waals surface area contributed by atoms with E-state index in [1.807, 2.05) is 31.2 Å². The largest absolute Gasteiger partial charge is 0.380 e. The Morgan fingerprint density at radius 3 is 2.35 bits per heavy atom. The Kier molecular flexibility index (Phi) is 4.05. The zero-order chi connectivity index (χ0) is 14.7. The SMILES string of the molecule is Cc1ccc(C#N)c(NCc2cc(C)c(F)c(C)c2)c1. The van der Waals surface area contributed by atoms with Crippen LogP contribution in [-0.4, -0.2) is 0 Å². The normalized spacial score (nSPS) is 10.2. The van der Waals surface area contributed by atoms with Crippen molar-refractivity contribution in [1.82, 2.24) is 0 Å². The zero-order valence-electron chi connectivity index (χ0n) is 11.9.